The van der Waals surface area contributed by atoms with E-state index in [0.717, 1.165) is 28.1 Å². The highest BCUT2D eigenvalue weighted by Crippen LogP contribution is 2.23. The van der Waals surface area contributed by atoms with Gasteiger partial charge in [0, 0.05) is 31.3 Å². The number of carbonyl (C=O) groups is 2. The lowest BCUT2D eigenvalue weighted by Crippen LogP contribution is -2.32. The molecule has 0 heterocycles. The smallest absolute Gasteiger partial charge is 0.226 e. The summed E-state index contributed by atoms with van der Waals surface area (Å²) in [5.41, 5.74) is 4.93. The maximum atomic E-state index is 12.2. The zero-order chi connectivity index (χ0) is 17.7. The topological polar surface area (TPSA) is 49.4 Å². The average molecular weight is 324 g/mol. The second kappa shape index (κ2) is 7.77. The summed E-state index contributed by atoms with van der Waals surface area (Å²) in [5, 5.41) is 2.88. The van der Waals surface area contributed by atoms with Crippen LogP contribution in [0.1, 0.15) is 30.0 Å². The zero-order valence-corrected chi connectivity index (χ0v) is 14.7. The molecular formula is C20H24N2O2. The first-order valence-corrected chi connectivity index (χ1v) is 8.09. The molecule has 0 aliphatic heterocycles. The number of anilines is 2. The molecule has 0 spiro atoms. The van der Waals surface area contributed by atoms with Crippen LogP contribution in [0.4, 0.5) is 11.4 Å². The number of carbonyl (C=O) groups excluding carboxylic acids is 2. The van der Waals surface area contributed by atoms with E-state index in [2.05, 4.69) is 5.32 Å². The number of nitrogens with one attached hydrogen (secondary N) is 1. The second-order valence-corrected chi connectivity index (χ2v) is 6.06. The van der Waals surface area contributed by atoms with Crippen molar-refractivity contribution in [1.82, 2.24) is 0 Å². The molecule has 2 aromatic rings. The summed E-state index contributed by atoms with van der Waals surface area (Å²) in [6.45, 7) is 7.88. The molecule has 0 aliphatic carbocycles. The molecule has 0 saturated carbocycles. The van der Waals surface area contributed by atoms with E-state index in [0.29, 0.717) is 6.54 Å². The van der Waals surface area contributed by atoms with E-state index >= 15 is 0 Å². The van der Waals surface area contributed by atoms with Crippen LogP contribution in [0.5, 0.6) is 0 Å². The highest BCUT2D eigenvalue weighted by atomic mass is 16.2. The van der Waals surface area contributed by atoms with Crippen molar-refractivity contribution in [2.24, 2.45) is 0 Å². The summed E-state index contributed by atoms with van der Waals surface area (Å²) in [6, 6.07) is 13.5. The van der Waals surface area contributed by atoms with Crippen LogP contribution in [-0.2, 0) is 9.59 Å². The summed E-state index contributed by atoms with van der Waals surface area (Å²) < 4.78 is 0. The van der Waals surface area contributed by atoms with Crippen molar-refractivity contribution < 1.29 is 9.59 Å². The Hall–Kier alpha value is -2.62. The normalized spacial score (nSPS) is 10.3. The molecule has 2 aromatic carbocycles. The Morgan fingerprint density at radius 2 is 1.75 bits per heavy atom. The van der Waals surface area contributed by atoms with Crippen LogP contribution in [0.3, 0.4) is 0 Å². The van der Waals surface area contributed by atoms with Crippen molar-refractivity contribution >= 4 is 23.2 Å². The third-order valence-corrected chi connectivity index (χ3v) is 4.11. The Balaban J connectivity index is 2.05. The van der Waals surface area contributed by atoms with Gasteiger partial charge in [0.25, 0.3) is 0 Å². The number of benzene rings is 2. The largest absolute Gasteiger partial charge is 0.326 e. The van der Waals surface area contributed by atoms with Crippen LogP contribution < -0.4 is 10.2 Å². The number of rotatable bonds is 5. The van der Waals surface area contributed by atoms with Gasteiger partial charge in [0.15, 0.2) is 0 Å². The zero-order valence-electron chi connectivity index (χ0n) is 14.7. The van der Waals surface area contributed by atoms with E-state index < -0.39 is 0 Å². The number of amides is 2. The Kier molecular flexibility index (Phi) is 5.74. The lowest BCUT2D eigenvalue weighted by molar-refractivity contribution is -0.117. The molecule has 126 valence electrons. The number of nitrogens with zero attached hydrogens (tertiary/aromatic N) is 1. The minimum atomic E-state index is -0.0999. The van der Waals surface area contributed by atoms with Crippen molar-refractivity contribution in [3.05, 3.63) is 59.2 Å². The lowest BCUT2D eigenvalue weighted by atomic mass is 10.1. The highest BCUT2D eigenvalue weighted by Gasteiger charge is 2.16. The molecule has 0 atom stereocenters. The maximum absolute atomic E-state index is 12.2. The molecule has 0 saturated heterocycles. The van der Waals surface area contributed by atoms with Crippen LogP contribution in [0.25, 0.3) is 0 Å². The second-order valence-electron chi connectivity index (χ2n) is 6.06. The molecule has 2 amide bonds. The van der Waals surface area contributed by atoms with Gasteiger partial charge in [-0.2, -0.15) is 0 Å². The summed E-state index contributed by atoms with van der Waals surface area (Å²) in [6.07, 6.45) is 0.251. The van der Waals surface area contributed by atoms with E-state index in [4.69, 9.17) is 0 Å². The van der Waals surface area contributed by atoms with Gasteiger partial charge in [-0.25, -0.2) is 0 Å². The molecule has 0 aliphatic rings. The van der Waals surface area contributed by atoms with E-state index in [1.807, 2.05) is 63.2 Å². The van der Waals surface area contributed by atoms with Gasteiger partial charge in [-0.15, -0.1) is 0 Å². The predicted molar refractivity (Wildman–Crippen MR) is 98.4 cm³/mol. The van der Waals surface area contributed by atoms with Gasteiger partial charge < -0.3 is 10.2 Å². The lowest BCUT2D eigenvalue weighted by Gasteiger charge is -2.23. The Morgan fingerprint density at radius 1 is 1.04 bits per heavy atom. The van der Waals surface area contributed by atoms with Crippen molar-refractivity contribution in [2.75, 3.05) is 16.8 Å². The number of hydrogen-bond acceptors (Lipinski definition) is 2. The first-order valence-electron chi connectivity index (χ1n) is 8.09. The summed E-state index contributed by atoms with van der Waals surface area (Å²) in [4.78, 5) is 25.9. The molecule has 1 N–H and O–H groups in total. The fourth-order valence-corrected chi connectivity index (χ4v) is 2.64. The van der Waals surface area contributed by atoms with Crippen LogP contribution in [0.2, 0.25) is 0 Å². The van der Waals surface area contributed by atoms with E-state index in [9.17, 15) is 9.59 Å². The quantitative estimate of drug-likeness (QED) is 0.904. The van der Waals surface area contributed by atoms with Crippen molar-refractivity contribution in [3.63, 3.8) is 0 Å². The summed E-state index contributed by atoms with van der Waals surface area (Å²) >= 11 is 0. The van der Waals surface area contributed by atoms with Gasteiger partial charge in [0.05, 0.1) is 0 Å². The van der Waals surface area contributed by atoms with Crippen molar-refractivity contribution in [3.8, 4) is 0 Å². The number of hydrogen-bond donors (Lipinski definition) is 1. The minimum absolute atomic E-state index is 0.0629. The van der Waals surface area contributed by atoms with Crippen LogP contribution in [0.15, 0.2) is 42.5 Å². The monoisotopic (exact) mass is 324 g/mol. The van der Waals surface area contributed by atoms with Crippen molar-refractivity contribution in [2.45, 2.75) is 34.1 Å². The van der Waals surface area contributed by atoms with Crippen LogP contribution >= 0.6 is 0 Å². The molecule has 4 heteroatoms. The van der Waals surface area contributed by atoms with Gasteiger partial charge in [-0.3, -0.25) is 9.59 Å². The van der Waals surface area contributed by atoms with Crippen molar-refractivity contribution in [1.29, 1.82) is 0 Å². The fraction of sp³-hybridized carbons (Fsp3) is 0.300. The summed E-state index contributed by atoms with van der Waals surface area (Å²) in [7, 11) is 0. The van der Waals surface area contributed by atoms with E-state index in [1.165, 1.54) is 6.92 Å². The maximum Gasteiger partial charge on any atom is 0.226 e. The Bertz CT molecular complexity index is 753. The SMILES string of the molecule is CC(=O)N(CCC(=O)Nc1cccc(C)c1)c1cccc(C)c1C. The van der Waals surface area contributed by atoms with Crippen LogP contribution in [0, 0.1) is 20.8 Å². The molecular weight excluding hydrogens is 300 g/mol. The Morgan fingerprint density at radius 3 is 2.42 bits per heavy atom. The first kappa shape index (κ1) is 17.7. The third-order valence-electron chi connectivity index (χ3n) is 4.11. The third kappa shape index (κ3) is 4.44. The van der Waals surface area contributed by atoms with E-state index in [1.54, 1.807) is 4.90 Å². The van der Waals surface area contributed by atoms with Gasteiger partial charge >= 0.3 is 0 Å². The predicted octanol–water partition coefficient (Wildman–Crippen LogP) is 3.99. The minimum Gasteiger partial charge on any atom is -0.326 e. The first-order chi connectivity index (χ1) is 11.4. The molecule has 0 aromatic heterocycles. The Labute approximate surface area is 143 Å². The van der Waals surface area contributed by atoms with E-state index in [-0.39, 0.29) is 18.2 Å². The van der Waals surface area contributed by atoms with Gasteiger partial charge in [-0.1, -0.05) is 24.3 Å². The molecule has 0 unspecified atom stereocenters. The molecule has 0 radical (unpaired) electrons. The number of aryl methyl sites for hydroxylation is 2. The molecule has 4 nitrogen and oxygen atoms in total. The van der Waals surface area contributed by atoms with Gasteiger partial charge in [0.2, 0.25) is 11.8 Å². The fourth-order valence-electron chi connectivity index (χ4n) is 2.64. The van der Waals surface area contributed by atoms with Crippen LogP contribution in [-0.4, -0.2) is 18.4 Å². The highest BCUT2D eigenvalue weighted by molar-refractivity contribution is 5.95. The van der Waals surface area contributed by atoms with Gasteiger partial charge in [0.1, 0.15) is 0 Å². The molecule has 24 heavy (non-hydrogen) atoms. The molecule has 2 rings (SSSR count). The average Bonchev–Trinajstić information content (AvgIpc) is 2.51. The molecule has 0 bridgehead atoms. The summed E-state index contributed by atoms with van der Waals surface area (Å²) in [5.74, 6) is -0.163. The standard InChI is InChI=1S/C20H24N2O2/c1-14-7-5-9-18(13-14)21-20(24)11-12-22(17(4)23)19-10-6-8-15(2)16(19)3/h5-10,13H,11-12H2,1-4H3,(H,21,24). The molecule has 0 fully saturated rings. The van der Waals surface area contributed by atoms with Gasteiger partial charge in [-0.05, 0) is 55.7 Å².